The molecule has 2 heterocycles. The van der Waals surface area contributed by atoms with Crippen LogP contribution in [0.5, 0.6) is 0 Å². The number of esters is 1. The summed E-state index contributed by atoms with van der Waals surface area (Å²) >= 11 is 2.05. The molecule has 18 heavy (non-hydrogen) atoms. The molecule has 0 radical (unpaired) electrons. The van der Waals surface area contributed by atoms with E-state index >= 15 is 0 Å². The van der Waals surface area contributed by atoms with Gasteiger partial charge in [0.1, 0.15) is 5.69 Å². The summed E-state index contributed by atoms with van der Waals surface area (Å²) in [6.07, 6.45) is 1.89. The lowest BCUT2D eigenvalue weighted by Crippen LogP contribution is -2.39. The number of H-pyrrole nitrogens is 1. The molecule has 0 aliphatic carbocycles. The molecule has 1 aromatic heterocycles. The highest BCUT2D eigenvalue weighted by molar-refractivity contribution is 8.00. The first-order chi connectivity index (χ1) is 8.58. The van der Waals surface area contributed by atoms with Crippen molar-refractivity contribution in [3.8, 4) is 0 Å². The number of carbonyl (C=O) groups is 1. The highest BCUT2D eigenvalue weighted by Crippen LogP contribution is 2.25. The van der Waals surface area contributed by atoms with Gasteiger partial charge in [-0.05, 0) is 11.6 Å². The molecular weight excluding hydrogens is 248 g/mol. The van der Waals surface area contributed by atoms with E-state index in [0.717, 1.165) is 25.2 Å². The summed E-state index contributed by atoms with van der Waals surface area (Å²) in [5, 5.41) is 1.35. The number of aromatic nitrogens is 1. The Labute approximate surface area is 112 Å². The van der Waals surface area contributed by atoms with E-state index in [4.69, 9.17) is 0 Å². The third-order valence-corrected chi connectivity index (χ3v) is 4.28. The molecule has 0 amide bonds. The minimum atomic E-state index is -0.308. The van der Waals surface area contributed by atoms with Crippen molar-refractivity contribution < 1.29 is 9.53 Å². The van der Waals surface area contributed by atoms with Crippen LogP contribution in [0.4, 0.5) is 0 Å². The van der Waals surface area contributed by atoms with Gasteiger partial charge in [0.05, 0.1) is 7.11 Å². The Morgan fingerprint density at radius 2 is 2.17 bits per heavy atom. The molecule has 1 N–H and O–H groups in total. The number of nitrogens with zero attached hydrogens (tertiary/aromatic N) is 1. The van der Waals surface area contributed by atoms with Gasteiger partial charge in [0, 0.05) is 36.3 Å². The van der Waals surface area contributed by atoms with Crippen molar-refractivity contribution in [2.75, 3.05) is 20.2 Å². The summed E-state index contributed by atoms with van der Waals surface area (Å²) in [7, 11) is 1.40. The number of rotatable bonds is 3. The van der Waals surface area contributed by atoms with E-state index in [1.165, 1.54) is 7.11 Å². The normalized spacial score (nSPS) is 25.1. The lowest BCUT2D eigenvalue weighted by molar-refractivity contribution is 0.0595. The van der Waals surface area contributed by atoms with E-state index in [1.807, 2.05) is 24.0 Å². The van der Waals surface area contributed by atoms with Crippen LogP contribution in [-0.2, 0) is 11.3 Å². The van der Waals surface area contributed by atoms with Gasteiger partial charge in [-0.2, -0.15) is 11.8 Å². The summed E-state index contributed by atoms with van der Waals surface area (Å²) in [6.45, 7) is 7.64. The molecule has 0 bridgehead atoms. The van der Waals surface area contributed by atoms with E-state index in [0.29, 0.717) is 16.2 Å². The molecule has 4 nitrogen and oxygen atoms in total. The number of hydrogen-bond donors (Lipinski definition) is 1. The van der Waals surface area contributed by atoms with Gasteiger partial charge >= 0.3 is 5.97 Å². The van der Waals surface area contributed by atoms with Gasteiger partial charge in [0.2, 0.25) is 0 Å². The topological polar surface area (TPSA) is 45.3 Å². The molecule has 0 aromatic carbocycles. The highest BCUT2D eigenvalue weighted by Gasteiger charge is 2.22. The second-order valence-corrected chi connectivity index (χ2v) is 6.75. The predicted molar refractivity (Wildman–Crippen MR) is 73.9 cm³/mol. The first kappa shape index (κ1) is 13.5. The van der Waals surface area contributed by atoms with Crippen molar-refractivity contribution in [2.45, 2.75) is 30.9 Å². The van der Waals surface area contributed by atoms with Crippen LogP contribution >= 0.6 is 11.8 Å². The van der Waals surface area contributed by atoms with Crippen LogP contribution in [0.3, 0.4) is 0 Å². The summed E-state index contributed by atoms with van der Waals surface area (Å²) in [5.41, 5.74) is 1.67. The molecule has 2 rings (SSSR count). The SMILES string of the molecule is COC(=O)c1cc(CN2C[C@@H](C)S[C@@H](C)C2)c[nH]1. The van der Waals surface area contributed by atoms with Gasteiger partial charge < -0.3 is 9.72 Å². The average molecular weight is 268 g/mol. The maximum absolute atomic E-state index is 11.4. The number of hydrogen-bond acceptors (Lipinski definition) is 4. The van der Waals surface area contributed by atoms with E-state index < -0.39 is 0 Å². The number of thioether (sulfide) groups is 1. The highest BCUT2D eigenvalue weighted by atomic mass is 32.2. The Balaban J connectivity index is 1.96. The van der Waals surface area contributed by atoms with E-state index in [1.54, 1.807) is 0 Å². The third kappa shape index (κ3) is 3.29. The molecular formula is C13H20N2O2S. The third-order valence-electron chi connectivity index (χ3n) is 3.05. The van der Waals surface area contributed by atoms with Crippen molar-refractivity contribution >= 4 is 17.7 Å². The fourth-order valence-electron chi connectivity index (χ4n) is 2.43. The van der Waals surface area contributed by atoms with Crippen LogP contribution in [-0.4, -0.2) is 46.6 Å². The molecule has 1 saturated heterocycles. The van der Waals surface area contributed by atoms with E-state index in [2.05, 4.69) is 28.5 Å². The van der Waals surface area contributed by atoms with Gasteiger partial charge in [-0.3, -0.25) is 4.90 Å². The lowest BCUT2D eigenvalue weighted by Gasteiger charge is -2.34. The molecule has 1 aliphatic heterocycles. The van der Waals surface area contributed by atoms with Crippen LogP contribution in [0, 0.1) is 0 Å². The molecule has 1 aliphatic rings. The van der Waals surface area contributed by atoms with Crippen molar-refractivity contribution in [2.24, 2.45) is 0 Å². The van der Waals surface area contributed by atoms with Gasteiger partial charge in [-0.15, -0.1) is 0 Å². The van der Waals surface area contributed by atoms with Gasteiger partial charge in [-0.1, -0.05) is 13.8 Å². The van der Waals surface area contributed by atoms with Crippen molar-refractivity contribution in [3.05, 3.63) is 23.5 Å². The number of aromatic amines is 1. The molecule has 0 spiro atoms. The minimum absolute atomic E-state index is 0.308. The Morgan fingerprint density at radius 3 is 2.78 bits per heavy atom. The average Bonchev–Trinajstić information content (AvgIpc) is 2.75. The zero-order valence-corrected chi connectivity index (χ0v) is 11.9. The van der Waals surface area contributed by atoms with Gasteiger partial charge in [-0.25, -0.2) is 4.79 Å². The number of methoxy groups -OCH3 is 1. The van der Waals surface area contributed by atoms with E-state index in [-0.39, 0.29) is 5.97 Å². The predicted octanol–water partition coefficient (Wildman–Crippen LogP) is 2.13. The monoisotopic (exact) mass is 268 g/mol. The number of ether oxygens (including phenoxy) is 1. The fraction of sp³-hybridized carbons (Fsp3) is 0.615. The molecule has 5 heteroatoms. The van der Waals surface area contributed by atoms with E-state index in [9.17, 15) is 4.79 Å². The lowest BCUT2D eigenvalue weighted by atomic mass is 10.2. The quantitative estimate of drug-likeness (QED) is 0.853. The summed E-state index contributed by atoms with van der Waals surface area (Å²) in [4.78, 5) is 16.8. The van der Waals surface area contributed by atoms with Gasteiger partial charge in [0.25, 0.3) is 0 Å². The molecule has 2 atom stereocenters. The first-order valence-corrected chi connectivity index (χ1v) is 7.16. The van der Waals surface area contributed by atoms with Crippen molar-refractivity contribution in [1.82, 2.24) is 9.88 Å². The molecule has 0 saturated carbocycles. The van der Waals surface area contributed by atoms with Crippen LogP contribution in [0.1, 0.15) is 29.9 Å². The Bertz CT molecular complexity index is 409. The summed E-state index contributed by atoms with van der Waals surface area (Å²) in [5.74, 6) is -0.308. The Kier molecular flexibility index (Phi) is 4.35. The van der Waals surface area contributed by atoms with Gasteiger partial charge in [0.15, 0.2) is 0 Å². The zero-order valence-electron chi connectivity index (χ0n) is 11.1. The van der Waals surface area contributed by atoms with Crippen LogP contribution in [0.25, 0.3) is 0 Å². The zero-order chi connectivity index (χ0) is 13.1. The fourth-order valence-corrected chi connectivity index (χ4v) is 3.82. The Hall–Kier alpha value is -0.940. The van der Waals surface area contributed by atoms with Crippen LogP contribution < -0.4 is 0 Å². The second kappa shape index (κ2) is 5.80. The smallest absolute Gasteiger partial charge is 0.354 e. The number of carbonyl (C=O) groups excluding carboxylic acids is 1. The standard InChI is InChI=1S/C13H20N2O2S/c1-9-6-15(7-10(2)18-9)8-11-4-12(14-5-11)13(16)17-3/h4-5,9-10,14H,6-8H2,1-3H3/t9-,10+. The van der Waals surface area contributed by atoms with Crippen LogP contribution in [0.2, 0.25) is 0 Å². The summed E-state index contributed by atoms with van der Waals surface area (Å²) in [6, 6.07) is 1.88. The maximum atomic E-state index is 11.4. The molecule has 100 valence electrons. The largest absolute Gasteiger partial charge is 0.464 e. The van der Waals surface area contributed by atoms with Crippen LogP contribution in [0.15, 0.2) is 12.3 Å². The molecule has 0 unspecified atom stereocenters. The number of nitrogens with one attached hydrogen (secondary N) is 1. The molecule has 1 fully saturated rings. The second-order valence-electron chi connectivity index (χ2n) is 4.86. The molecule has 1 aromatic rings. The first-order valence-electron chi connectivity index (χ1n) is 6.22. The van der Waals surface area contributed by atoms with Crippen molar-refractivity contribution in [1.29, 1.82) is 0 Å². The minimum Gasteiger partial charge on any atom is -0.464 e. The Morgan fingerprint density at radius 1 is 1.50 bits per heavy atom. The maximum Gasteiger partial charge on any atom is 0.354 e. The summed E-state index contributed by atoms with van der Waals surface area (Å²) < 4.78 is 4.69. The van der Waals surface area contributed by atoms with Crippen molar-refractivity contribution in [3.63, 3.8) is 0 Å².